The van der Waals surface area contributed by atoms with E-state index in [9.17, 15) is 0 Å². The molecular formula is C17H16BIrN2-. The number of hydrogen-bond donors (Lipinski definition) is 0. The molecule has 0 amide bonds. The molecule has 3 rings (SSSR count). The molecule has 2 heterocycles. The first-order chi connectivity index (χ1) is 9.75. The Hall–Kier alpha value is -1.64. The van der Waals surface area contributed by atoms with Crippen molar-refractivity contribution in [3.63, 3.8) is 0 Å². The minimum Gasteiger partial charge on any atom is -0.471 e. The van der Waals surface area contributed by atoms with Crippen LogP contribution in [0.4, 0.5) is 5.82 Å². The van der Waals surface area contributed by atoms with Crippen LogP contribution in [0.2, 0.25) is 0 Å². The number of anilines is 1. The van der Waals surface area contributed by atoms with E-state index in [-0.39, 0.29) is 26.8 Å². The van der Waals surface area contributed by atoms with Crippen LogP contribution in [-0.2, 0) is 20.1 Å². The first kappa shape index (κ1) is 15.7. The molecule has 0 bridgehead atoms. The number of rotatable bonds is 2. The van der Waals surface area contributed by atoms with E-state index in [1.807, 2.05) is 29.3 Å². The maximum Gasteiger partial charge on any atom is 0.204 e. The zero-order valence-corrected chi connectivity index (χ0v) is 14.5. The van der Waals surface area contributed by atoms with Crippen molar-refractivity contribution < 1.29 is 20.1 Å². The van der Waals surface area contributed by atoms with E-state index >= 15 is 0 Å². The molecule has 0 unspecified atom stereocenters. The predicted molar refractivity (Wildman–Crippen MR) is 85.0 cm³/mol. The Balaban J connectivity index is 0.00000161. The Morgan fingerprint density at radius 1 is 1.05 bits per heavy atom. The molecule has 0 fully saturated rings. The summed E-state index contributed by atoms with van der Waals surface area (Å²) in [6, 6.07) is 12.3. The molecule has 1 aliphatic heterocycles. The fourth-order valence-electron chi connectivity index (χ4n) is 2.61. The minimum absolute atomic E-state index is 0. The zero-order chi connectivity index (χ0) is 13.9. The van der Waals surface area contributed by atoms with Gasteiger partial charge >= 0.3 is 0 Å². The third-order valence-corrected chi connectivity index (χ3v) is 3.61. The Kier molecular flexibility index (Phi) is 5.16. The molecule has 2 aromatic rings. The third kappa shape index (κ3) is 3.34. The van der Waals surface area contributed by atoms with Gasteiger partial charge < -0.3 is 9.88 Å². The van der Waals surface area contributed by atoms with Crippen molar-refractivity contribution in [3.05, 3.63) is 78.1 Å². The van der Waals surface area contributed by atoms with Gasteiger partial charge in [-0.3, -0.25) is 0 Å². The van der Waals surface area contributed by atoms with Crippen LogP contribution in [0.15, 0.2) is 60.7 Å². The van der Waals surface area contributed by atoms with E-state index in [2.05, 4.69) is 55.2 Å². The van der Waals surface area contributed by atoms with Crippen molar-refractivity contribution in [2.75, 3.05) is 4.90 Å². The second-order valence-corrected chi connectivity index (χ2v) is 5.03. The van der Waals surface area contributed by atoms with E-state index in [4.69, 9.17) is 0 Å². The van der Waals surface area contributed by atoms with Gasteiger partial charge in [-0.05, 0) is 19.9 Å². The summed E-state index contributed by atoms with van der Waals surface area (Å²) in [4.78, 5) is 6.25. The number of benzene rings is 1. The largest absolute Gasteiger partial charge is 0.471 e. The van der Waals surface area contributed by atoms with Gasteiger partial charge in [0.25, 0.3) is 0 Å². The summed E-state index contributed by atoms with van der Waals surface area (Å²) in [6.07, 6.45) is 7.13. The Bertz CT molecular complexity index is 633. The molecule has 107 valence electrons. The maximum atomic E-state index is 4.33. The van der Waals surface area contributed by atoms with Gasteiger partial charge in [0.15, 0.2) is 0 Å². The first-order valence-corrected chi connectivity index (χ1v) is 6.80. The molecule has 1 radical (unpaired) electrons. The fraction of sp³-hybridized carbons (Fsp3) is 0.118. The van der Waals surface area contributed by atoms with Crippen LogP contribution in [-0.4, -0.2) is 11.7 Å². The predicted octanol–water partition coefficient (Wildman–Crippen LogP) is 2.83. The summed E-state index contributed by atoms with van der Waals surface area (Å²) in [6.45, 7) is 4.61. The van der Waals surface area contributed by atoms with Crippen LogP contribution < -0.4 is 10.4 Å². The van der Waals surface area contributed by atoms with Gasteiger partial charge in [0.05, 0.1) is 0 Å². The quantitative estimate of drug-likeness (QED) is 0.516. The summed E-state index contributed by atoms with van der Waals surface area (Å²) in [5.41, 5.74) is 4.02. The summed E-state index contributed by atoms with van der Waals surface area (Å²) in [7, 11) is 0. The normalized spacial score (nSPS) is 13.2. The molecule has 0 N–H and O–H groups in total. The summed E-state index contributed by atoms with van der Waals surface area (Å²) >= 11 is 0. The van der Waals surface area contributed by atoms with E-state index < -0.39 is 0 Å². The van der Waals surface area contributed by atoms with Crippen LogP contribution in [0.3, 0.4) is 0 Å². The number of nitrogens with zero attached hydrogens (tertiary/aromatic N) is 2. The van der Waals surface area contributed by atoms with Crippen molar-refractivity contribution >= 4 is 18.0 Å². The van der Waals surface area contributed by atoms with Gasteiger partial charge in [-0.2, -0.15) is 0 Å². The minimum atomic E-state index is 0. The second kappa shape index (κ2) is 6.88. The van der Waals surface area contributed by atoms with Crippen LogP contribution >= 0.6 is 0 Å². The molecule has 1 aromatic heterocycles. The van der Waals surface area contributed by atoms with Gasteiger partial charge in [-0.25, -0.2) is 0 Å². The number of hydrogen-bond acceptors (Lipinski definition) is 2. The first-order valence-electron chi connectivity index (χ1n) is 6.80. The molecule has 4 heteroatoms. The van der Waals surface area contributed by atoms with E-state index in [0.29, 0.717) is 0 Å². The van der Waals surface area contributed by atoms with Gasteiger partial charge in [0, 0.05) is 32.1 Å². The van der Waals surface area contributed by atoms with Crippen LogP contribution in [0.5, 0.6) is 0 Å². The third-order valence-electron chi connectivity index (χ3n) is 3.61. The fourth-order valence-corrected chi connectivity index (χ4v) is 2.61. The maximum absolute atomic E-state index is 4.33. The van der Waals surface area contributed by atoms with Gasteiger partial charge in [-0.15, -0.1) is 24.4 Å². The Morgan fingerprint density at radius 3 is 2.38 bits per heavy atom. The molecule has 1 aliphatic rings. The van der Waals surface area contributed by atoms with Crippen molar-refractivity contribution in [1.29, 1.82) is 0 Å². The molecule has 0 saturated carbocycles. The van der Waals surface area contributed by atoms with Gasteiger partial charge in [0.1, 0.15) is 0 Å². The van der Waals surface area contributed by atoms with E-state index in [0.717, 1.165) is 5.82 Å². The number of aromatic nitrogens is 1. The second-order valence-electron chi connectivity index (χ2n) is 5.03. The van der Waals surface area contributed by atoms with Crippen molar-refractivity contribution in [3.8, 4) is 0 Å². The average Bonchev–Trinajstić information content (AvgIpc) is 2.49. The van der Waals surface area contributed by atoms with Crippen LogP contribution in [0.25, 0.3) is 0 Å². The smallest absolute Gasteiger partial charge is 0.204 e. The Labute approximate surface area is 140 Å². The monoisotopic (exact) mass is 452 g/mol. The van der Waals surface area contributed by atoms with Gasteiger partial charge in [0.2, 0.25) is 6.71 Å². The molecule has 0 aliphatic carbocycles. The molecule has 21 heavy (non-hydrogen) atoms. The van der Waals surface area contributed by atoms with Crippen LogP contribution in [0, 0.1) is 20.0 Å². The van der Waals surface area contributed by atoms with Gasteiger partial charge in [-0.1, -0.05) is 46.9 Å². The van der Waals surface area contributed by atoms with Crippen molar-refractivity contribution in [1.82, 2.24) is 4.98 Å². The number of pyridine rings is 1. The molecular weight excluding hydrogens is 435 g/mol. The summed E-state index contributed by atoms with van der Waals surface area (Å²) in [5, 5.41) is 0. The summed E-state index contributed by atoms with van der Waals surface area (Å²) in [5.74, 6) is 5.19. The zero-order valence-electron chi connectivity index (χ0n) is 12.1. The summed E-state index contributed by atoms with van der Waals surface area (Å²) < 4.78 is 0. The molecule has 1 aromatic carbocycles. The van der Waals surface area contributed by atoms with Crippen molar-refractivity contribution in [2.24, 2.45) is 0 Å². The molecule has 0 spiro atoms. The van der Waals surface area contributed by atoms with Crippen molar-refractivity contribution in [2.45, 2.75) is 13.8 Å². The molecule has 2 nitrogen and oxygen atoms in total. The molecule has 0 saturated heterocycles. The SMILES string of the molecule is Cc1cccc(C)c1B1C=[C-]N(c2ccccn2)C=C1.[Ir]. The van der Waals surface area contributed by atoms with Crippen LogP contribution in [0.1, 0.15) is 11.1 Å². The standard InChI is InChI=1S/C17H16BN2.Ir/c1-14-6-5-7-15(2)17(14)18-9-12-20(13-10-18)16-8-3-4-11-19-16;/h3-12H,1-2H3;/q-1;. The number of aryl methyl sites for hydroxylation is 2. The van der Waals surface area contributed by atoms with E-state index in [1.165, 1.54) is 16.6 Å². The average molecular weight is 451 g/mol. The van der Waals surface area contributed by atoms with E-state index in [1.54, 1.807) is 6.20 Å². The Morgan fingerprint density at radius 2 is 1.81 bits per heavy atom. The molecule has 0 atom stereocenters. The topological polar surface area (TPSA) is 16.1 Å².